The van der Waals surface area contributed by atoms with Crippen LogP contribution in [0.3, 0.4) is 0 Å². The fourth-order valence-corrected chi connectivity index (χ4v) is 0.410. The van der Waals surface area contributed by atoms with Gasteiger partial charge in [-0.3, -0.25) is 4.79 Å². The van der Waals surface area contributed by atoms with Crippen molar-refractivity contribution in [2.75, 3.05) is 6.61 Å². The Morgan fingerprint density at radius 3 is 2.50 bits per heavy atom. The molecule has 1 unspecified atom stereocenters. The van der Waals surface area contributed by atoms with Gasteiger partial charge in [0.25, 0.3) is 0 Å². The van der Waals surface area contributed by atoms with E-state index in [-0.39, 0.29) is 18.5 Å². The molecule has 0 aromatic rings. The summed E-state index contributed by atoms with van der Waals surface area (Å²) in [5, 5.41) is 0. The summed E-state index contributed by atoms with van der Waals surface area (Å²) in [6, 6.07) is 0. The second-order valence-electron chi connectivity index (χ2n) is 1.98. The minimum Gasteiger partial charge on any atom is -0.499 e. The Bertz CT molecular complexity index is 93.6. The molecule has 0 aliphatic carbocycles. The molecule has 0 saturated heterocycles. The van der Waals surface area contributed by atoms with E-state index in [1.54, 1.807) is 0 Å². The molecule has 0 radical (unpaired) electrons. The Balaban J connectivity index is 0. The molecule has 0 aliphatic heterocycles. The first-order valence-corrected chi connectivity index (χ1v) is 3.18. The predicted octanol–water partition coefficient (Wildman–Crippen LogP) is 1.41. The molecule has 0 amide bonds. The molecule has 0 saturated carbocycles. The van der Waals surface area contributed by atoms with Gasteiger partial charge >= 0.3 is 5.97 Å². The van der Waals surface area contributed by atoms with Gasteiger partial charge in [-0.25, -0.2) is 0 Å². The SMILES string of the molecule is [CH2-]COC(=O)C(C)CC.[Rf]. The van der Waals surface area contributed by atoms with Crippen LogP contribution in [-0.4, -0.2) is 12.6 Å². The molecular formula is C7H13O2Rf-. The van der Waals surface area contributed by atoms with Crippen LogP contribution in [0.15, 0.2) is 0 Å². The fourth-order valence-electron chi connectivity index (χ4n) is 0.410. The zero-order valence-corrected chi connectivity index (χ0v) is 13.1. The van der Waals surface area contributed by atoms with E-state index in [0.29, 0.717) is 0 Å². The van der Waals surface area contributed by atoms with Crippen LogP contribution >= 0.6 is 0 Å². The second kappa shape index (κ2) is 5.60. The van der Waals surface area contributed by atoms with Gasteiger partial charge in [0.05, 0.1) is 5.92 Å². The number of carbonyl (C=O) groups is 1. The summed E-state index contributed by atoms with van der Waals surface area (Å²) >= 11 is 0. The Morgan fingerprint density at radius 1 is 1.70 bits per heavy atom. The zero-order chi connectivity index (χ0) is 7.28. The van der Waals surface area contributed by atoms with Crippen molar-refractivity contribution in [3.63, 3.8) is 0 Å². The van der Waals surface area contributed by atoms with Crippen LogP contribution in [0.25, 0.3) is 0 Å². The first kappa shape index (κ1) is 11.3. The van der Waals surface area contributed by atoms with Crippen molar-refractivity contribution in [3.05, 3.63) is 6.92 Å². The summed E-state index contributed by atoms with van der Waals surface area (Å²) in [5.74, 6) is -0.126. The van der Waals surface area contributed by atoms with Gasteiger partial charge in [0, 0.05) is 0 Å². The van der Waals surface area contributed by atoms with Crippen LogP contribution < -0.4 is 0 Å². The van der Waals surface area contributed by atoms with Crippen LogP contribution in [-0.2, 0) is 9.53 Å². The topological polar surface area (TPSA) is 26.3 Å². The number of ether oxygens (including phenoxy) is 1. The summed E-state index contributed by atoms with van der Waals surface area (Å²) in [4.78, 5) is 10.7. The van der Waals surface area contributed by atoms with Crippen molar-refractivity contribution >= 4 is 5.97 Å². The fraction of sp³-hybridized carbons (Fsp3) is 0.714. The van der Waals surface area contributed by atoms with Crippen molar-refractivity contribution < 1.29 is 9.53 Å². The molecule has 0 heterocycles. The van der Waals surface area contributed by atoms with E-state index in [4.69, 9.17) is 0 Å². The van der Waals surface area contributed by atoms with Crippen LogP contribution in [0.1, 0.15) is 20.3 Å². The third-order valence-corrected chi connectivity index (χ3v) is 1.26. The van der Waals surface area contributed by atoms with Crippen molar-refractivity contribution in [2.24, 2.45) is 5.92 Å². The normalized spacial score (nSPS) is 11.5. The number of hydrogen-bond donors (Lipinski definition) is 0. The van der Waals surface area contributed by atoms with Crippen molar-refractivity contribution in [3.8, 4) is 0 Å². The molecule has 0 aliphatic rings. The molecule has 0 fully saturated rings. The Labute approximate surface area is 56.2 Å². The monoisotopic (exact) mass is 396 g/mol. The third-order valence-electron chi connectivity index (χ3n) is 1.26. The summed E-state index contributed by atoms with van der Waals surface area (Å²) < 4.78 is 4.64. The number of esters is 1. The third kappa shape index (κ3) is 3.47. The molecule has 0 aromatic carbocycles. The average molecular weight is 396 g/mol. The van der Waals surface area contributed by atoms with Crippen LogP contribution in [0, 0.1) is 12.8 Å². The van der Waals surface area contributed by atoms with Crippen molar-refractivity contribution in [1.29, 1.82) is 0 Å². The van der Waals surface area contributed by atoms with Crippen LogP contribution in [0.5, 0.6) is 0 Å². The van der Waals surface area contributed by atoms with E-state index >= 15 is 0 Å². The number of hydrogen-bond acceptors (Lipinski definition) is 2. The molecule has 0 aromatic heterocycles. The van der Waals surface area contributed by atoms with E-state index < -0.39 is 0 Å². The summed E-state index contributed by atoms with van der Waals surface area (Å²) in [5.41, 5.74) is 0. The summed E-state index contributed by atoms with van der Waals surface area (Å²) in [6.45, 7) is 7.44. The average Bonchev–Trinajstić information content (AvgIpc) is 1.87. The molecule has 2 nitrogen and oxygen atoms in total. The first-order chi connectivity index (χ1) is 4.22. The van der Waals surface area contributed by atoms with Gasteiger partial charge in [0.2, 0.25) is 0 Å². The molecule has 1 atom stereocenters. The summed E-state index contributed by atoms with van der Waals surface area (Å²) in [7, 11) is 0. The van der Waals surface area contributed by atoms with Gasteiger partial charge in [-0.05, 0) is 13.0 Å². The Kier molecular flexibility index (Phi) is 6.33. The van der Waals surface area contributed by atoms with Gasteiger partial charge in [0.15, 0.2) is 0 Å². The number of rotatable bonds is 3. The molecule has 3 heteroatoms. The maximum atomic E-state index is 10.7. The van der Waals surface area contributed by atoms with Crippen molar-refractivity contribution in [1.82, 2.24) is 0 Å². The summed E-state index contributed by atoms with van der Waals surface area (Å²) in [6.07, 6.45) is 0.832. The van der Waals surface area contributed by atoms with E-state index in [9.17, 15) is 4.79 Å². The standard InChI is InChI=1S/C7H13O2.Rf/c1-4-6(3)7(8)9-5-2;/h6H,2,4-5H2,1,3H3;/q-1;. The Hall–Kier alpha value is -1.53. The van der Waals surface area contributed by atoms with Crippen LogP contribution in [0.4, 0.5) is 0 Å². The largest absolute Gasteiger partial charge is 0.499 e. The molecule has 0 bridgehead atoms. The first-order valence-electron chi connectivity index (χ1n) is 3.18. The molecule has 0 spiro atoms. The van der Waals surface area contributed by atoms with Crippen molar-refractivity contribution in [2.45, 2.75) is 20.3 Å². The van der Waals surface area contributed by atoms with Crippen LogP contribution in [0.2, 0.25) is 0 Å². The van der Waals surface area contributed by atoms with E-state index in [0.717, 1.165) is 6.42 Å². The predicted molar refractivity (Wildman–Crippen MR) is 35.8 cm³/mol. The minimum absolute atomic E-state index is 0. The van der Waals surface area contributed by atoms with Gasteiger partial charge in [0.1, 0.15) is 0 Å². The zero-order valence-electron chi connectivity index (χ0n) is 6.72. The maximum Gasteiger partial charge on any atom is 0.306 e. The minimum atomic E-state index is -0.146. The molecule has 10 heavy (non-hydrogen) atoms. The van der Waals surface area contributed by atoms with E-state index in [1.807, 2.05) is 13.8 Å². The van der Waals surface area contributed by atoms with Gasteiger partial charge in [-0.15, -0.1) is 0 Å². The second-order valence-corrected chi connectivity index (χ2v) is 1.98. The quantitative estimate of drug-likeness (QED) is 0.533. The van der Waals surface area contributed by atoms with E-state index in [1.165, 1.54) is 0 Å². The molecular weight excluding hydrogens is 383 g/mol. The maximum absolute atomic E-state index is 10.7. The molecule has 0 N–H and O–H groups in total. The smallest absolute Gasteiger partial charge is 0.306 e. The van der Waals surface area contributed by atoms with E-state index in [2.05, 4.69) is 11.7 Å². The molecule has 0 rings (SSSR count). The van der Waals surface area contributed by atoms with Gasteiger partial charge < -0.3 is 11.7 Å². The Morgan fingerprint density at radius 2 is 2.20 bits per heavy atom. The number of carbonyl (C=O) groups excluding carboxylic acids is 1. The molecule has 56 valence electrons. The van der Waals surface area contributed by atoms with Gasteiger partial charge in [-0.1, -0.05) is 13.8 Å². The van der Waals surface area contributed by atoms with Gasteiger partial charge in [-0.2, -0.15) is 0 Å².